The summed E-state index contributed by atoms with van der Waals surface area (Å²) in [4.78, 5) is 0. The molecule has 0 unspecified atom stereocenters. The van der Waals surface area contributed by atoms with Gasteiger partial charge in [0, 0.05) is 11.9 Å². The molecule has 1 aliphatic rings. The molecule has 60 valence electrons. The Bertz CT molecular complexity index is 81.7. The molecule has 0 amide bonds. The van der Waals surface area contributed by atoms with Crippen LogP contribution in [0.4, 0.5) is 0 Å². The molecular weight excluding hydrogens is 196 g/mol. The molecule has 0 aromatic rings. The predicted octanol–water partition coefficient (Wildman–Crippen LogP) is 1.58. The van der Waals surface area contributed by atoms with Gasteiger partial charge in [-0.05, 0) is 12.8 Å². The van der Waals surface area contributed by atoms with Gasteiger partial charge >= 0.3 is 0 Å². The molecule has 0 aromatic carbocycles. The molecule has 1 heterocycles. The molecule has 1 rings (SSSR count). The molecule has 0 aromatic heterocycles. The highest BCUT2D eigenvalue weighted by atomic mass is 79.9. The Morgan fingerprint density at radius 2 is 2.50 bits per heavy atom. The number of alkyl halides is 1. The fraction of sp³-hybridized carbons (Fsp3) is 1.00. The minimum atomic E-state index is 0.374. The van der Waals surface area contributed by atoms with Crippen LogP contribution in [-0.2, 0) is 9.47 Å². The highest BCUT2D eigenvalue weighted by Gasteiger charge is 2.14. The third-order valence-corrected chi connectivity index (χ3v) is 1.87. The van der Waals surface area contributed by atoms with E-state index in [0.717, 1.165) is 25.2 Å². The highest BCUT2D eigenvalue weighted by molar-refractivity contribution is 9.09. The maximum absolute atomic E-state index is 5.36. The maximum Gasteiger partial charge on any atom is 0.0809 e. The Morgan fingerprint density at radius 3 is 3.10 bits per heavy atom. The van der Waals surface area contributed by atoms with E-state index in [1.165, 1.54) is 12.8 Å². The van der Waals surface area contributed by atoms with Gasteiger partial charge in [0.25, 0.3) is 0 Å². The van der Waals surface area contributed by atoms with Crippen LogP contribution in [0.1, 0.15) is 12.8 Å². The molecule has 1 fully saturated rings. The number of hydrogen-bond acceptors (Lipinski definition) is 2. The zero-order valence-corrected chi connectivity index (χ0v) is 7.60. The number of hydrogen-bond donors (Lipinski definition) is 0. The Labute approximate surface area is 70.0 Å². The lowest BCUT2D eigenvalue weighted by Crippen LogP contribution is -2.14. The van der Waals surface area contributed by atoms with E-state index in [1.54, 1.807) is 0 Å². The van der Waals surface area contributed by atoms with Gasteiger partial charge in [-0.25, -0.2) is 0 Å². The smallest absolute Gasteiger partial charge is 0.0809 e. The van der Waals surface area contributed by atoms with Crippen molar-refractivity contribution < 1.29 is 9.47 Å². The lowest BCUT2D eigenvalue weighted by atomic mass is 10.2. The minimum Gasteiger partial charge on any atom is -0.378 e. The van der Waals surface area contributed by atoms with E-state index < -0.39 is 0 Å². The predicted molar refractivity (Wildman–Crippen MR) is 43.6 cm³/mol. The van der Waals surface area contributed by atoms with E-state index in [2.05, 4.69) is 15.9 Å². The van der Waals surface area contributed by atoms with Crippen LogP contribution < -0.4 is 0 Å². The Kier molecular flexibility index (Phi) is 4.34. The molecule has 0 radical (unpaired) electrons. The summed E-state index contributed by atoms with van der Waals surface area (Å²) < 4.78 is 10.7. The molecule has 1 aliphatic heterocycles. The van der Waals surface area contributed by atoms with E-state index in [1.807, 2.05) is 0 Å². The summed E-state index contributed by atoms with van der Waals surface area (Å²) >= 11 is 3.29. The van der Waals surface area contributed by atoms with E-state index in [9.17, 15) is 0 Å². The average Bonchev–Trinajstić information content (AvgIpc) is 2.41. The molecule has 1 saturated heterocycles. The lowest BCUT2D eigenvalue weighted by Gasteiger charge is -2.08. The van der Waals surface area contributed by atoms with Crippen molar-refractivity contribution in [1.82, 2.24) is 0 Å². The highest BCUT2D eigenvalue weighted by Crippen LogP contribution is 2.11. The second-order valence-corrected chi connectivity index (χ2v) is 3.19. The van der Waals surface area contributed by atoms with E-state index in [0.29, 0.717) is 6.10 Å². The van der Waals surface area contributed by atoms with E-state index >= 15 is 0 Å². The fourth-order valence-electron chi connectivity index (χ4n) is 1.05. The van der Waals surface area contributed by atoms with Gasteiger partial charge in [0.15, 0.2) is 0 Å². The van der Waals surface area contributed by atoms with Crippen molar-refractivity contribution in [3.8, 4) is 0 Å². The van der Waals surface area contributed by atoms with Gasteiger partial charge in [-0.1, -0.05) is 15.9 Å². The molecule has 2 nitrogen and oxygen atoms in total. The van der Waals surface area contributed by atoms with Crippen LogP contribution >= 0.6 is 15.9 Å². The molecule has 10 heavy (non-hydrogen) atoms. The van der Waals surface area contributed by atoms with Crippen molar-refractivity contribution in [1.29, 1.82) is 0 Å². The van der Waals surface area contributed by atoms with Crippen LogP contribution in [0, 0.1) is 0 Å². The first-order valence-corrected chi connectivity index (χ1v) is 4.81. The summed E-state index contributed by atoms with van der Waals surface area (Å²) in [6, 6.07) is 0. The zero-order valence-electron chi connectivity index (χ0n) is 6.01. The standard InChI is InChI=1S/C7H13BrO2/c8-3-5-9-6-7-2-1-4-10-7/h7H,1-6H2/t7-/m0/s1. The summed E-state index contributed by atoms with van der Waals surface area (Å²) in [7, 11) is 0. The summed E-state index contributed by atoms with van der Waals surface area (Å²) in [6.07, 6.45) is 2.74. The Balaban J connectivity index is 1.91. The monoisotopic (exact) mass is 208 g/mol. The van der Waals surface area contributed by atoms with Gasteiger partial charge in [0.05, 0.1) is 19.3 Å². The van der Waals surface area contributed by atoms with Crippen molar-refractivity contribution >= 4 is 15.9 Å². The number of halogens is 1. The fourth-order valence-corrected chi connectivity index (χ4v) is 1.27. The normalized spacial score (nSPS) is 25.5. The van der Waals surface area contributed by atoms with E-state index in [4.69, 9.17) is 9.47 Å². The van der Waals surface area contributed by atoms with Crippen LogP contribution in [0.15, 0.2) is 0 Å². The molecule has 0 spiro atoms. The Hall–Kier alpha value is 0.400. The van der Waals surface area contributed by atoms with Crippen LogP contribution in [-0.4, -0.2) is 31.3 Å². The minimum absolute atomic E-state index is 0.374. The van der Waals surface area contributed by atoms with Crippen LogP contribution in [0.3, 0.4) is 0 Å². The second kappa shape index (κ2) is 5.10. The molecular formula is C7H13BrO2. The molecule has 3 heteroatoms. The van der Waals surface area contributed by atoms with Crippen molar-refractivity contribution in [2.24, 2.45) is 0 Å². The third kappa shape index (κ3) is 2.99. The van der Waals surface area contributed by atoms with E-state index in [-0.39, 0.29) is 0 Å². The largest absolute Gasteiger partial charge is 0.378 e. The third-order valence-electron chi connectivity index (χ3n) is 1.55. The SMILES string of the molecule is BrCCOC[C@@H]1CCCO1. The van der Waals surface area contributed by atoms with Gasteiger partial charge in [0.1, 0.15) is 0 Å². The van der Waals surface area contributed by atoms with Crippen LogP contribution in [0.5, 0.6) is 0 Å². The summed E-state index contributed by atoms with van der Waals surface area (Å²) in [5.74, 6) is 0. The van der Waals surface area contributed by atoms with Gasteiger partial charge in [-0.3, -0.25) is 0 Å². The first-order chi connectivity index (χ1) is 4.93. The topological polar surface area (TPSA) is 18.5 Å². The molecule has 0 bridgehead atoms. The van der Waals surface area contributed by atoms with Gasteiger partial charge in [-0.2, -0.15) is 0 Å². The number of rotatable bonds is 4. The van der Waals surface area contributed by atoms with Gasteiger partial charge < -0.3 is 9.47 Å². The molecule has 0 N–H and O–H groups in total. The Morgan fingerprint density at radius 1 is 1.60 bits per heavy atom. The van der Waals surface area contributed by atoms with Crippen molar-refractivity contribution in [2.75, 3.05) is 25.2 Å². The summed E-state index contributed by atoms with van der Waals surface area (Å²) in [6.45, 7) is 2.48. The van der Waals surface area contributed by atoms with Crippen LogP contribution in [0.25, 0.3) is 0 Å². The number of ether oxygens (including phenoxy) is 2. The molecule has 0 saturated carbocycles. The second-order valence-electron chi connectivity index (χ2n) is 2.40. The summed E-state index contributed by atoms with van der Waals surface area (Å²) in [5.41, 5.74) is 0. The van der Waals surface area contributed by atoms with Crippen molar-refractivity contribution in [3.05, 3.63) is 0 Å². The quantitative estimate of drug-likeness (QED) is 0.517. The lowest BCUT2D eigenvalue weighted by molar-refractivity contribution is 0.0228. The first kappa shape index (κ1) is 8.50. The summed E-state index contributed by atoms with van der Waals surface area (Å²) in [5, 5.41) is 0.916. The zero-order chi connectivity index (χ0) is 7.23. The first-order valence-electron chi connectivity index (χ1n) is 3.69. The van der Waals surface area contributed by atoms with Gasteiger partial charge in [0.2, 0.25) is 0 Å². The van der Waals surface area contributed by atoms with Crippen LogP contribution in [0.2, 0.25) is 0 Å². The van der Waals surface area contributed by atoms with Gasteiger partial charge in [-0.15, -0.1) is 0 Å². The average molecular weight is 209 g/mol. The molecule has 0 aliphatic carbocycles. The van der Waals surface area contributed by atoms with Crippen molar-refractivity contribution in [2.45, 2.75) is 18.9 Å². The maximum atomic E-state index is 5.36. The molecule has 1 atom stereocenters. The van der Waals surface area contributed by atoms with Crippen molar-refractivity contribution in [3.63, 3.8) is 0 Å².